The molecular formula is C19H35NO2. The van der Waals surface area contributed by atoms with Crippen LogP contribution in [0, 0.1) is 0 Å². The Bertz CT molecular complexity index is 394. The zero-order chi connectivity index (χ0) is 15.9. The molecule has 3 heteroatoms. The van der Waals surface area contributed by atoms with Gasteiger partial charge in [-0.1, -0.05) is 90.4 Å². The lowest BCUT2D eigenvalue weighted by Gasteiger charge is -2.03. The lowest BCUT2D eigenvalue weighted by molar-refractivity contribution is 0.457. The highest BCUT2D eigenvalue weighted by Crippen LogP contribution is 2.13. The van der Waals surface area contributed by atoms with Crippen molar-refractivity contribution in [2.45, 2.75) is 103 Å². The number of hydrogen-bond donors (Lipinski definition) is 1. The summed E-state index contributed by atoms with van der Waals surface area (Å²) in [6.07, 6.45) is 21.7. The van der Waals surface area contributed by atoms with Gasteiger partial charge in [-0.15, -0.1) is 0 Å². The molecule has 0 amide bonds. The number of hydrogen-bond acceptors (Lipinski definition) is 2. The average Bonchev–Trinajstić information content (AvgIpc) is 2.93. The lowest BCUT2D eigenvalue weighted by Crippen LogP contribution is -1.93. The molecule has 0 aliphatic heterocycles. The fraction of sp³-hybridized carbons (Fsp3) is 0.842. The van der Waals surface area contributed by atoms with Crippen molar-refractivity contribution in [2.24, 2.45) is 0 Å². The summed E-state index contributed by atoms with van der Waals surface area (Å²) < 4.78 is 4.99. The van der Waals surface area contributed by atoms with Crippen molar-refractivity contribution >= 4 is 0 Å². The van der Waals surface area contributed by atoms with Crippen LogP contribution in [0.4, 0.5) is 0 Å². The van der Waals surface area contributed by atoms with Crippen molar-refractivity contribution in [3.05, 3.63) is 22.5 Å². The van der Waals surface area contributed by atoms with Crippen molar-refractivity contribution in [3.63, 3.8) is 0 Å². The molecule has 1 N–H and O–H groups in total. The summed E-state index contributed by atoms with van der Waals surface area (Å²) in [5, 5.41) is 0. The number of rotatable bonds is 15. The van der Waals surface area contributed by atoms with E-state index in [2.05, 4.69) is 11.9 Å². The van der Waals surface area contributed by atoms with Crippen LogP contribution >= 0.6 is 0 Å². The average molecular weight is 309 g/mol. The molecule has 0 radical (unpaired) electrons. The zero-order valence-corrected chi connectivity index (χ0v) is 14.5. The van der Waals surface area contributed by atoms with E-state index >= 15 is 0 Å². The van der Waals surface area contributed by atoms with Crippen LogP contribution in [0.1, 0.15) is 103 Å². The second-order valence-corrected chi connectivity index (χ2v) is 6.49. The van der Waals surface area contributed by atoms with Crippen molar-refractivity contribution < 1.29 is 4.42 Å². The molecule has 1 rings (SSSR count). The molecule has 0 unspecified atom stereocenters. The molecule has 1 aromatic heterocycles. The maximum atomic E-state index is 10.8. The maximum absolute atomic E-state index is 10.8. The Balaban J connectivity index is 1.74. The molecule has 0 aromatic carbocycles. The molecule has 22 heavy (non-hydrogen) atoms. The van der Waals surface area contributed by atoms with E-state index in [1.165, 1.54) is 83.5 Å². The zero-order valence-electron chi connectivity index (χ0n) is 14.5. The van der Waals surface area contributed by atoms with E-state index in [-0.39, 0.29) is 5.76 Å². The molecule has 1 aromatic rings. The summed E-state index contributed by atoms with van der Waals surface area (Å²) in [4.78, 5) is 13.4. The smallest absolute Gasteiger partial charge is 0.413 e. The van der Waals surface area contributed by atoms with Crippen LogP contribution in [0.3, 0.4) is 0 Å². The van der Waals surface area contributed by atoms with Crippen LogP contribution in [-0.2, 0) is 6.42 Å². The minimum atomic E-state index is -0.333. The first-order valence-corrected chi connectivity index (χ1v) is 9.50. The predicted octanol–water partition coefficient (Wildman–Crippen LogP) is 5.99. The summed E-state index contributed by atoms with van der Waals surface area (Å²) >= 11 is 0. The number of H-pyrrole nitrogens is 1. The van der Waals surface area contributed by atoms with Gasteiger partial charge in [-0.2, -0.15) is 0 Å². The van der Waals surface area contributed by atoms with Gasteiger partial charge in [-0.05, 0) is 6.42 Å². The number of aryl methyl sites for hydroxylation is 1. The van der Waals surface area contributed by atoms with Gasteiger partial charge in [0.05, 0.1) is 0 Å². The highest BCUT2D eigenvalue weighted by atomic mass is 16.4. The van der Waals surface area contributed by atoms with Gasteiger partial charge < -0.3 is 4.42 Å². The van der Waals surface area contributed by atoms with Crippen LogP contribution in [0.15, 0.2) is 15.4 Å². The first-order valence-electron chi connectivity index (χ1n) is 9.50. The fourth-order valence-corrected chi connectivity index (χ4v) is 2.93. The van der Waals surface area contributed by atoms with Gasteiger partial charge in [0.25, 0.3) is 0 Å². The van der Waals surface area contributed by atoms with E-state index in [0.717, 1.165) is 18.6 Å². The Labute approximate surface area is 135 Å². The Kier molecular flexibility index (Phi) is 11.8. The van der Waals surface area contributed by atoms with E-state index in [9.17, 15) is 4.79 Å². The number of oxazole rings is 1. The molecule has 0 saturated carbocycles. The molecular weight excluding hydrogens is 274 g/mol. The monoisotopic (exact) mass is 309 g/mol. The molecule has 0 bridgehead atoms. The molecule has 0 aliphatic rings. The normalized spacial score (nSPS) is 11.1. The van der Waals surface area contributed by atoms with Crippen molar-refractivity contribution in [2.75, 3.05) is 0 Å². The van der Waals surface area contributed by atoms with Crippen molar-refractivity contribution in [1.29, 1.82) is 0 Å². The number of unbranched alkanes of at least 4 members (excludes halogenated alkanes) is 13. The van der Waals surface area contributed by atoms with Crippen molar-refractivity contribution in [1.82, 2.24) is 4.98 Å². The Morgan fingerprint density at radius 1 is 0.773 bits per heavy atom. The largest absolute Gasteiger partial charge is 0.416 e. The third-order valence-corrected chi connectivity index (χ3v) is 4.35. The second-order valence-electron chi connectivity index (χ2n) is 6.49. The van der Waals surface area contributed by atoms with Gasteiger partial charge in [0.2, 0.25) is 0 Å². The summed E-state index contributed by atoms with van der Waals surface area (Å²) in [5.41, 5.74) is 0. The van der Waals surface area contributed by atoms with Crippen LogP contribution < -0.4 is 5.76 Å². The minimum Gasteiger partial charge on any atom is -0.413 e. The summed E-state index contributed by atoms with van der Waals surface area (Å²) in [7, 11) is 0. The van der Waals surface area contributed by atoms with E-state index < -0.39 is 0 Å². The third kappa shape index (κ3) is 10.7. The Hall–Kier alpha value is -0.990. The first kappa shape index (κ1) is 19.1. The predicted molar refractivity (Wildman–Crippen MR) is 93.3 cm³/mol. The van der Waals surface area contributed by atoms with E-state index in [0.29, 0.717) is 0 Å². The highest BCUT2D eigenvalue weighted by molar-refractivity contribution is 4.88. The van der Waals surface area contributed by atoms with Gasteiger partial charge >= 0.3 is 5.76 Å². The topological polar surface area (TPSA) is 46.0 Å². The van der Waals surface area contributed by atoms with E-state index in [1.807, 2.05) is 0 Å². The molecule has 0 spiro atoms. The SMILES string of the molecule is CCCCCCCCCCCCCCCCc1c[nH]c(=O)o1. The van der Waals surface area contributed by atoms with Gasteiger partial charge in [0.15, 0.2) is 0 Å². The third-order valence-electron chi connectivity index (χ3n) is 4.35. The molecule has 3 nitrogen and oxygen atoms in total. The van der Waals surface area contributed by atoms with Gasteiger partial charge in [0, 0.05) is 12.6 Å². The molecule has 0 aliphatic carbocycles. The molecule has 0 atom stereocenters. The van der Waals surface area contributed by atoms with Crippen LogP contribution in [-0.4, -0.2) is 4.98 Å². The lowest BCUT2D eigenvalue weighted by atomic mass is 10.0. The van der Waals surface area contributed by atoms with E-state index in [1.54, 1.807) is 6.20 Å². The van der Waals surface area contributed by atoms with Crippen LogP contribution in [0.2, 0.25) is 0 Å². The van der Waals surface area contributed by atoms with Crippen molar-refractivity contribution in [3.8, 4) is 0 Å². The minimum absolute atomic E-state index is 0.333. The summed E-state index contributed by atoms with van der Waals surface area (Å²) in [6.45, 7) is 2.28. The van der Waals surface area contributed by atoms with E-state index in [4.69, 9.17) is 4.42 Å². The Morgan fingerprint density at radius 2 is 1.23 bits per heavy atom. The molecule has 0 saturated heterocycles. The maximum Gasteiger partial charge on any atom is 0.416 e. The highest BCUT2D eigenvalue weighted by Gasteiger charge is 1.99. The first-order chi connectivity index (χ1) is 10.8. The van der Waals surface area contributed by atoms with Gasteiger partial charge in [0.1, 0.15) is 5.76 Å². The molecule has 1 heterocycles. The van der Waals surface area contributed by atoms with Crippen LogP contribution in [0.5, 0.6) is 0 Å². The molecule has 128 valence electrons. The fourth-order valence-electron chi connectivity index (χ4n) is 2.93. The van der Waals surface area contributed by atoms with Gasteiger partial charge in [-0.25, -0.2) is 4.79 Å². The number of aromatic amines is 1. The number of nitrogens with one attached hydrogen (secondary N) is 1. The second kappa shape index (κ2) is 13.7. The van der Waals surface area contributed by atoms with Crippen LogP contribution in [0.25, 0.3) is 0 Å². The van der Waals surface area contributed by atoms with Gasteiger partial charge in [-0.3, -0.25) is 4.98 Å². The molecule has 0 fully saturated rings. The summed E-state index contributed by atoms with van der Waals surface area (Å²) in [6, 6.07) is 0. The summed E-state index contributed by atoms with van der Waals surface area (Å²) in [5.74, 6) is 0.462. The quantitative estimate of drug-likeness (QED) is 0.404. The number of aromatic nitrogens is 1. The Morgan fingerprint density at radius 3 is 1.64 bits per heavy atom. The standard InChI is InChI=1S/C19H35NO2/c1-2-3-4-5-6-7-8-9-10-11-12-13-14-15-16-18-17-20-19(21)22-18/h17H,2-16H2,1H3,(H,20,21).